The number of ether oxygens (including phenoxy) is 1. The predicted molar refractivity (Wildman–Crippen MR) is 104 cm³/mol. The van der Waals surface area contributed by atoms with E-state index < -0.39 is 11.6 Å². The second kappa shape index (κ2) is 8.52. The first kappa shape index (κ1) is 18.6. The molecule has 0 atom stereocenters. The summed E-state index contributed by atoms with van der Waals surface area (Å²) >= 11 is 0. The average molecular weight is 393 g/mol. The van der Waals surface area contributed by atoms with Crippen molar-refractivity contribution in [2.45, 2.75) is 13.0 Å². The van der Waals surface area contributed by atoms with Crippen LogP contribution >= 0.6 is 0 Å². The summed E-state index contributed by atoms with van der Waals surface area (Å²) in [4.78, 5) is 8.06. The van der Waals surface area contributed by atoms with E-state index in [0.29, 0.717) is 12.4 Å². The zero-order chi connectivity index (χ0) is 20.1. The van der Waals surface area contributed by atoms with Gasteiger partial charge in [0.15, 0.2) is 0 Å². The minimum Gasteiger partial charge on any atom is -0.489 e. The highest BCUT2D eigenvalue weighted by Crippen LogP contribution is 2.21. The average Bonchev–Trinajstić information content (AvgIpc) is 3.18. The molecule has 0 aliphatic carbocycles. The van der Waals surface area contributed by atoms with Crippen LogP contribution in [0.5, 0.6) is 5.75 Å². The van der Waals surface area contributed by atoms with Crippen molar-refractivity contribution in [2.75, 3.05) is 5.32 Å². The number of rotatable bonds is 7. The van der Waals surface area contributed by atoms with Gasteiger partial charge in [-0.25, -0.2) is 13.8 Å². The number of aromatic nitrogens is 2. The Morgan fingerprint density at radius 1 is 0.931 bits per heavy atom. The van der Waals surface area contributed by atoms with Gasteiger partial charge in [-0.1, -0.05) is 18.2 Å². The fourth-order valence-electron chi connectivity index (χ4n) is 2.73. The maximum absolute atomic E-state index is 13.8. The first-order valence-electron chi connectivity index (χ1n) is 8.94. The van der Waals surface area contributed by atoms with Gasteiger partial charge in [-0.15, -0.1) is 0 Å². The Labute approximate surface area is 166 Å². The molecular weight excluding hydrogens is 376 g/mol. The van der Waals surface area contributed by atoms with E-state index in [4.69, 9.17) is 9.15 Å². The standard InChI is InChI=1S/C22H17F2N3O2/c23-20-2-1-3-21(24)19(20)12-18-13-26-22(29-18)27-16-6-4-15(5-7-16)14-28-17-8-10-25-11-9-17/h1-11,13H,12,14H2,(H,26,27). The lowest BCUT2D eigenvalue weighted by Crippen LogP contribution is -1.96. The monoisotopic (exact) mass is 393 g/mol. The Morgan fingerprint density at radius 3 is 2.38 bits per heavy atom. The second-order valence-electron chi connectivity index (χ2n) is 6.30. The summed E-state index contributed by atoms with van der Waals surface area (Å²) in [6, 6.07) is 15.2. The van der Waals surface area contributed by atoms with Gasteiger partial charge < -0.3 is 14.5 Å². The van der Waals surface area contributed by atoms with Gasteiger partial charge in [-0.3, -0.25) is 4.98 Å². The SMILES string of the molecule is Fc1cccc(F)c1Cc1cnc(Nc2ccc(COc3ccncc3)cc2)o1. The third kappa shape index (κ3) is 4.76. The lowest BCUT2D eigenvalue weighted by Gasteiger charge is -2.07. The van der Waals surface area contributed by atoms with Crippen molar-refractivity contribution >= 4 is 11.7 Å². The Kier molecular flexibility index (Phi) is 5.47. The zero-order valence-electron chi connectivity index (χ0n) is 15.3. The highest BCUT2D eigenvalue weighted by Gasteiger charge is 2.12. The van der Waals surface area contributed by atoms with E-state index in [1.165, 1.54) is 24.4 Å². The molecule has 0 aliphatic rings. The molecule has 29 heavy (non-hydrogen) atoms. The van der Waals surface area contributed by atoms with Crippen LogP contribution in [0, 0.1) is 11.6 Å². The molecule has 0 unspecified atom stereocenters. The third-order valence-corrected chi connectivity index (χ3v) is 4.23. The van der Waals surface area contributed by atoms with Gasteiger partial charge in [0.05, 0.1) is 6.20 Å². The Bertz CT molecular complexity index is 1060. The van der Waals surface area contributed by atoms with Gasteiger partial charge in [-0.05, 0) is 42.0 Å². The number of hydrogen-bond donors (Lipinski definition) is 1. The lowest BCUT2D eigenvalue weighted by molar-refractivity contribution is 0.306. The van der Waals surface area contributed by atoms with Gasteiger partial charge in [0.1, 0.15) is 29.8 Å². The molecule has 1 N–H and O–H groups in total. The van der Waals surface area contributed by atoms with Crippen LogP contribution in [-0.4, -0.2) is 9.97 Å². The Hall–Kier alpha value is -3.74. The molecule has 2 aromatic carbocycles. The highest BCUT2D eigenvalue weighted by atomic mass is 19.1. The van der Waals surface area contributed by atoms with Crippen LogP contribution in [0.4, 0.5) is 20.5 Å². The van der Waals surface area contributed by atoms with Crippen molar-refractivity contribution < 1.29 is 17.9 Å². The summed E-state index contributed by atoms with van der Waals surface area (Å²) in [6.07, 6.45) is 4.78. The number of oxazole rings is 1. The van der Waals surface area contributed by atoms with Crippen LogP contribution in [0.3, 0.4) is 0 Å². The van der Waals surface area contributed by atoms with Crippen LogP contribution < -0.4 is 10.1 Å². The van der Waals surface area contributed by atoms with Crippen LogP contribution in [0.1, 0.15) is 16.9 Å². The van der Waals surface area contributed by atoms with E-state index in [1.807, 2.05) is 24.3 Å². The molecule has 2 aromatic heterocycles. The number of nitrogens with one attached hydrogen (secondary N) is 1. The molecule has 0 fully saturated rings. The van der Waals surface area contributed by atoms with Gasteiger partial charge in [0.2, 0.25) is 0 Å². The number of nitrogens with zero attached hydrogens (tertiary/aromatic N) is 2. The highest BCUT2D eigenvalue weighted by molar-refractivity contribution is 5.52. The molecule has 0 aliphatic heterocycles. The normalized spacial score (nSPS) is 10.7. The molecule has 0 spiro atoms. The smallest absolute Gasteiger partial charge is 0.299 e. The molecule has 2 heterocycles. The number of benzene rings is 2. The molecule has 7 heteroatoms. The molecule has 5 nitrogen and oxygen atoms in total. The summed E-state index contributed by atoms with van der Waals surface area (Å²) in [5.74, 6) is -0.111. The molecule has 146 valence electrons. The lowest BCUT2D eigenvalue weighted by atomic mass is 10.1. The molecule has 0 saturated heterocycles. The molecule has 0 bridgehead atoms. The number of pyridine rings is 1. The maximum atomic E-state index is 13.8. The molecule has 0 saturated carbocycles. The van der Waals surface area contributed by atoms with Gasteiger partial charge in [-0.2, -0.15) is 0 Å². The third-order valence-electron chi connectivity index (χ3n) is 4.23. The largest absolute Gasteiger partial charge is 0.489 e. The van der Waals surface area contributed by atoms with Crippen LogP contribution in [-0.2, 0) is 13.0 Å². The molecule has 0 amide bonds. The van der Waals surface area contributed by atoms with E-state index >= 15 is 0 Å². The summed E-state index contributed by atoms with van der Waals surface area (Å²) in [5.41, 5.74) is 1.72. The quantitative estimate of drug-likeness (QED) is 0.464. The second-order valence-corrected chi connectivity index (χ2v) is 6.30. The number of hydrogen-bond acceptors (Lipinski definition) is 5. The predicted octanol–water partition coefficient (Wildman–Crippen LogP) is 5.26. The molecular formula is C22H17F2N3O2. The minimum atomic E-state index is -0.611. The van der Waals surface area contributed by atoms with Crippen molar-refractivity contribution in [2.24, 2.45) is 0 Å². The summed E-state index contributed by atoms with van der Waals surface area (Å²) in [7, 11) is 0. The van der Waals surface area contributed by atoms with Gasteiger partial charge in [0.25, 0.3) is 6.01 Å². The number of halogens is 2. The van der Waals surface area contributed by atoms with Gasteiger partial charge >= 0.3 is 0 Å². The topological polar surface area (TPSA) is 60.2 Å². The first-order chi connectivity index (χ1) is 14.2. The fourth-order valence-corrected chi connectivity index (χ4v) is 2.73. The van der Waals surface area contributed by atoms with Crippen molar-refractivity contribution in [3.05, 3.63) is 102 Å². The number of anilines is 2. The molecule has 4 aromatic rings. The van der Waals surface area contributed by atoms with E-state index in [1.54, 1.807) is 24.5 Å². The van der Waals surface area contributed by atoms with Crippen molar-refractivity contribution in [3.63, 3.8) is 0 Å². The summed E-state index contributed by atoms with van der Waals surface area (Å²) < 4.78 is 38.8. The zero-order valence-corrected chi connectivity index (χ0v) is 15.3. The van der Waals surface area contributed by atoms with Crippen LogP contribution in [0.25, 0.3) is 0 Å². The Morgan fingerprint density at radius 2 is 1.66 bits per heavy atom. The van der Waals surface area contributed by atoms with Crippen molar-refractivity contribution in [3.8, 4) is 5.75 Å². The minimum absolute atomic E-state index is 0.0154. The molecule has 4 rings (SSSR count). The van der Waals surface area contributed by atoms with Crippen molar-refractivity contribution in [1.29, 1.82) is 0 Å². The first-order valence-corrected chi connectivity index (χ1v) is 8.94. The molecule has 0 radical (unpaired) electrons. The Balaban J connectivity index is 1.36. The van der Waals surface area contributed by atoms with E-state index in [0.717, 1.165) is 17.0 Å². The van der Waals surface area contributed by atoms with E-state index in [9.17, 15) is 8.78 Å². The van der Waals surface area contributed by atoms with Gasteiger partial charge in [0, 0.05) is 30.1 Å². The van der Waals surface area contributed by atoms with Crippen LogP contribution in [0.2, 0.25) is 0 Å². The van der Waals surface area contributed by atoms with E-state index in [-0.39, 0.29) is 18.0 Å². The summed E-state index contributed by atoms with van der Waals surface area (Å²) in [5, 5.41) is 3.03. The van der Waals surface area contributed by atoms with Crippen LogP contribution in [0.15, 0.2) is 77.6 Å². The fraction of sp³-hybridized carbons (Fsp3) is 0.0909. The summed E-state index contributed by atoms with van der Waals surface area (Å²) in [6.45, 7) is 0.432. The van der Waals surface area contributed by atoms with Crippen molar-refractivity contribution in [1.82, 2.24) is 9.97 Å². The maximum Gasteiger partial charge on any atom is 0.299 e. The van der Waals surface area contributed by atoms with E-state index in [2.05, 4.69) is 15.3 Å².